The second kappa shape index (κ2) is 10.6. The summed E-state index contributed by atoms with van der Waals surface area (Å²) in [6, 6.07) is 15.3. The van der Waals surface area contributed by atoms with Crippen molar-refractivity contribution < 1.29 is 18.8 Å². The summed E-state index contributed by atoms with van der Waals surface area (Å²) >= 11 is 0. The number of nitrogens with one attached hydrogen (secondary N) is 1. The van der Waals surface area contributed by atoms with Gasteiger partial charge in [0.1, 0.15) is 11.5 Å². The summed E-state index contributed by atoms with van der Waals surface area (Å²) in [6.45, 7) is 0.499. The number of aryl methyl sites for hydroxylation is 1. The third-order valence-corrected chi connectivity index (χ3v) is 5.00. The number of carbonyl (C=O) groups excluding carboxylic acids is 1. The van der Waals surface area contributed by atoms with Crippen LogP contribution in [0.3, 0.4) is 0 Å². The van der Waals surface area contributed by atoms with E-state index in [1.54, 1.807) is 14.2 Å². The molecule has 0 aliphatic carbocycles. The fraction of sp³-hybridized carbons (Fsp3) is 0.348. The lowest BCUT2D eigenvalue weighted by molar-refractivity contribution is -0.121. The first-order chi connectivity index (χ1) is 15.0. The zero-order valence-electron chi connectivity index (χ0n) is 18.3. The Balaban J connectivity index is 1.51. The number of ether oxygens (including phenoxy) is 2. The first kappa shape index (κ1) is 22.3. The van der Waals surface area contributed by atoms with Crippen LogP contribution in [0.2, 0.25) is 0 Å². The van der Waals surface area contributed by atoms with Crippen molar-refractivity contribution in [2.24, 2.45) is 0 Å². The number of hydrogen-bond acceptors (Lipinski definition) is 7. The maximum absolute atomic E-state index is 12.4. The molecule has 0 fully saturated rings. The Bertz CT molecular complexity index is 968. The summed E-state index contributed by atoms with van der Waals surface area (Å²) in [5.74, 6) is 2.42. The van der Waals surface area contributed by atoms with Gasteiger partial charge < -0.3 is 24.2 Å². The average Bonchev–Trinajstić information content (AvgIpc) is 3.27. The zero-order valence-corrected chi connectivity index (χ0v) is 18.3. The summed E-state index contributed by atoms with van der Waals surface area (Å²) in [6.07, 6.45) is 0.650. The van der Waals surface area contributed by atoms with E-state index in [0.29, 0.717) is 24.7 Å². The molecule has 0 unspecified atom stereocenters. The lowest BCUT2D eigenvalue weighted by Gasteiger charge is -2.25. The Labute approximate surface area is 182 Å². The van der Waals surface area contributed by atoms with Gasteiger partial charge in [0.25, 0.3) is 0 Å². The zero-order chi connectivity index (χ0) is 22.2. The van der Waals surface area contributed by atoms with Crippen LogP contribution < -0.4 is 14.8 Å². The minimum Gasteiger partial charge on any atom is -0.497 e. The second-order valence-electron chi connectivity index (χ2n) is 7.30. The van der Waals surface area contributed by atoms with E-state index in [1.165, 1.54) is 0 Å². The monoisotopic (exact) mass is 424 g/mol. The number of nitrogens with zero attached hydrogens (tertiary/aromatic N) is 3. The van der Waals surface area contributed by atoms with Crippen LogP contribution >= 0.6 is 0 Å². The molecule has 8 nitrogen and oxygen atoms in total. The number of amides is 1. The van der Waals surface area contributed by atoms with Gasteiger partial charge in [0.05, 0.1) is 20.3 Å². The Hall–Kier alpha value is -3.39. The van der Waals surface area contributed by atoms with Gasteiger partial charge in [0.2, 0.25) is 17.6 Å². The highest BCUT2D eigenvalue weighted by atomic mass is 16.5. The Morgan fingerprint density at radius 2 is 1.65 bits per heavy atom. The summed E-state index contributed by atoms with van der Waals surface area (Å²) < 4.78 is 15.7. The number of methoxy groups -OCH3 is 2. The van der Waals surface area contributed by atoms with Crippen LogP contribution in [0.5, 0.6) is 11.5 Å². The van der Waals surface area contributed by atoms with E-state index < -0.39 is 0 Å². The quantitative estimate of drug-likeness (QED) is 0.535. The van der Waals surface area contributed by atoms with E-state index in [9.17, 15) is 4.79 Å². The van der Waals surface area contributed by atoms with E-state index in [4.69, 9.17) is 14.0 Å². The maximum atomic E-state index is 12.4. The van der Waals surface area contributed by atoms with Gasteiger partial charge in [-0.25, -0.2) is 0 Å². The molecule has 0 radical (unpaired) electrons. The summed E-state index contributed by atoms with van der Waals surface area (Å²) in [5.41, 5.74) is 1.93. The highest BCUT2D eigenvalue weighted by molar-refractivity contribution is 5.76. The third-order valence-electron chi connectivity index (χ3n) is 5.00. The van der Waals surface area contributed by atoms with Gasteiger partial charge in [-0.3, -0.25) is 4.79 Å². The molecule has 0 aliphatic heterocycles. The number of rotatable bonds is 10. The van der Waals surface area contributed by atoms with E-state index in [1.807, 2.05) is 62.6 Å². The molecule has 1 atom stereocenters. The van der Waals surface area contributed by atoms with E-state index in [-0.39, 0.29) is 18.4 Å². The topological polar surface area (TPSA) is 89.7 Å². The second-order valence-corrected chi connectivity index (χ2v) is 7.30. The fourth-order valence-electron chi connectivity index (χ4n) is 3.16. The Kier molecular flexibility index (Phi) is 7.61. The third kappa shape index (κ3) is 6.05. The van der Waals surface area contributed by atoms with E-state index in [0.717, 1.165) is 22.6 Å². The molecule has 0 saturated carbocycles. The molecule has 8 heteroatoms. The van der Waals surface area contributed by atoms with Gasteiger partial charge in [0, 0.05) is 24.9 Å². The molecule has 0 bridgehead atoms. The largest absolute Gasteiger partial charge is 0.497 e. The molecule has 1 amide bonds. The van der Waals surface area contributed by atoms with Crippen molar-refractivity contribution in [2.45, 2.75) is 18.9 Å². The van der Waals surface area contributed by atoms with Gasteiger partial charge in [-0.05, 0) is 56.1 Å². The summed E-state index contributed by atoms with van der Waals surface area (Å²) in [7, 11) is 7.23. The number of benzene rings is 2. The highest BCUT2D eigenvalue weighted by Gasteiger charge is 2.16. The van der Waals surface area contributed by atoms with Crippen molar-refractivity contribution in [1.29, 1.82) is 0 Å². The van der Waals surface area contributed by atoms with Crippen LogP contribution in [-0.4, -0.2) is 55.8 Å². The summed E-state index contributed by atoms with van der Waals surface area (Å²) in [4.78, 5) is 18.8. The molecular formula is C23H28N4O4. The molecule has 0 spiro atoms. The minimum absolute atomic E-state index is 0.0555. The normalized spacial score (nSPS) is 11.9. The predicted octanol–water partition coefficient (Wildman–Crippen LogP) is 3.11. The van der Waals surface area contributed by atoms with Crippen molar-refractivity contribution in [3.63, 3.8) is 0 Å². The molecule has 3 rings (SSSR count). The SMILES string of the molecule is COc1ccc(-c2noc(CCC(=O)NC[C@H](c3ccc(OC)cc3)N(C)C)n2)cc1. The van der Waals surface area contributed by atoms with Crippen LogP contribution in [0.15, 0.2) is 53.1 Å². The van der Waals surface area contributed by atoms with Crippen LogP contribution in [0.1, 0.15) is 23.9 Å². The van der Waals surface area contributed by atoms with Crippen LogP contribution in [0.4, 0.5) is 0 Å². The smallest absolute Gasteiger partial charge is 0.227 e. The van der Waals surface area contributed by atoms with E-state index in [2.05, 4.69) is 20.4 Å². The van der Waals surface area contributed by atoms with Crippen LogP contribution in [-0.2, 0) is 11.2 Å². The van der Waals surface area contributed by atoms with Crippen molar-refractivity contribution in [2.75, 3.05) is 34.9 Å². The maximum Gasteiger partial charge on any atom is 0.227 e. The number of hydrogen-bond donors (Lipinski definition) is 1. The standard InChI is InChI=1S/C23H28N4O4/c1-27(2)20(16-5-9-18(29-3)10-6-16)15-24-21(28)13-14-22-25-23(26-31-22)17-7-11-19(30-4)12-8-17/h5-12,20H,13-15H2,1-4H3,(H,24,28)/t20-/m1/s1. The van der Waals surface area contributed by atoms with Crippen LogP contribution in [0.25, 0.3) is 11.4 Å². The lowest BCUT2D eigenvalue weighted by atomic mass is 10.1. The average molecular weight is 425 g/mol. The molecule has 1 aromatic heterocycles. The van der Waals surface area contributed by atoms with Gasteiger partial charge >= 0.3 is 0 Å². The predicted molar refractivity (Wildman–Crippen MR) is 117 cm³/mol. The van der Waals surface area contributed by atoms with Gasteiger partial charge in [-0.2, -0.15) is 4.98 Å². The lowest BCUT2D eigenvalue weighted by Crippen LogP contribution is -2.34. The van der Waals surface area contributed by atoms with Gasteiger partial charge in [-0.1, -0.05) is 17.3 Å². The Morgan fingerprint density at radius 1 is 1.03 bits per heavy atom. The molecule has 2 aromatic carbocycles. The molecule has 1 heterocycles. The van der Waals surface area contributed by atoms with E-state index >= 15 is 0 Å². The van der Waals surface area contributed by atoms with Crippen molar-refractivity contribution >= 4 is 5.91 Å². The first-order valence-electron chi connectivity index (χ1n) is 10.0. The molecule has 164 valence electrons. The molecule has 3 aromatic rings. The number of carbonyl (C=O) groups is 1. The summed E-state index contributed by atoms with van der Waals surface area (Å²) in [5, 5.41) is 6.99. The molecule has 0 saturated heterocycles. The molecule has 0 aliphatic rings. The number of aromatic nitrogens is 2. The Morgan fingerprint density at radius 3 is 2.23 bits per heavy atom. The van der Waals surface area contributed by atoms with Crippen molar-refractivity contribution in [3.8, 4) is 22.9 Å². The van der Waals surface area contributed by atoms with Crippen molar-refractivity contribution in [3.05, 3.63) is 60.0 Å². The van der Waals surface area contributed by atoms with Gasteiger partial charge in [0.15, 0.2) is 0 Å². The highest BCUT2D eigenvalue weighted by Crippen LogP contribution is 2.21. The van der Waals surface area contributed by atoms with Gasteiger partial charge in [-0.15, -0.1) is 0 Å². The molecule has 1 N–H and O–H groups in total. The minimum atomic E-state index is -0.0652. The fourth-order valence-corrected chi connectivity index (χ4v) is 3.16. The van der Waals surface area contributed by atoms with Crippen molar-refractivity contribution in [1.82, 2.24) is 20.4 Å². The molecule has 31 heavy (non-hydrogen) atoms. The molecular weight excluding hydrogens is 396 g/mol. The van der Waals surface area contributed by atoms with Crippen LogP contribution in [0, 0.1) is 0 Å². The number of likely N-dealkylation sites (N-methyl/N-ethyl adjacent to an activating group) is 1. The first-order valence-corrected chi connectivity index (χ1v) is 10.0.